The van der Waals surface area contributed by atoms with E-state index < -0.39 is 0 Å². The molecule has 0 amide bonds. The van der Waals surface area contributed by atoms with Gasteiger partial charge in [0.25, 0.3) is 0 Å². The van der Waals surface area contributed by atoms with Gasteiger partial charge in [0.2, 0.25) is 0 Å². The van der Waals surface area contributed by atoms with Crippen LogP contribution in [0.25, 0.3) is 0 Å². The number of rotatable bonds is 9. The van der Waals surface area contributed by atoms with Gasteiger partial charge in [-0.25, -0.2) is 0 Å². The van der Waals surface area contributed by atoms with E-state index in [4.69, 9.17) is 9.47 Å². The summed E-state index contributed by atoms with van der Waals surface area (Å²) in [4.78, 5) is 4.36. The third-order valence-corrected chi connectivity index (χ3v) is 4.60. The molecule has 1 aliphatic carbocycles. The Hall–Kier alpha value is -2.55. The monoisotopic (exact) mass is 349 g/mol. The molecule has 1 aromatic carbocycles. The molecule has 0 saturated heterocycles. The van der Waals surface area contributed by atoms with Gasteiger partial charge < -0.3 is 9.47 Å². The summed E-state index contributed by atoms with van der Waals surface area (Å²) in [6.45, 7) is 5.46. The van der Waals surface area contributed by atoms with Gasteiger partial charge in [-0.2, -0.15) is 0 Å². The summed E-state index contributed by atoms with van der Waals surface area (Å²) in [6.07, 6.45) is 12.1. The first-order valence-corrected chi connectivity index (χ1v) is 9.37. The number of benzene rings is 1. The lowest BCUT2D eigenvalue weighted by Gasteiger charge is -2.08. The Morgan fingerprint density at radius 1 is 1.23 bits per heavy atom. The summed E-state index contributed by atoms with van der Waals surface area (Å²) in [5.41, 5.74) is 2.41. The largest absolute Gasteiger partial charge is 0.494 e. The van der Waals surface area contributed by atoms with Crippen molar-refractivity contribution in [3.8, 4) is 5.75 Å². The number of allylic oxidation sites excluding steroid dienone is 3. The molecule has 136 valence electrons. The average Bonchev–Trinajstić information content (AvgIpc) is 3.47. The minimum Gasteiger partial charge on any atom is -0.494 e. The van der Waals surface area contributed by atoms with E-state index in [1.54, 1.807) is 6.20 Å². The number of hydrogen-bond donors (Lipinski definition) is 0. The van der Waals surface area contributed by atoms with Gasteiger partial charge in [-0.15, -0.1) is 0 Å². The molecule has 1 fully saturated rings. The molecule has 0 radical (unpaired) electrons. The Bertz CT molecular complexity index is 752. The Morgan fingerprint density at radius 3 is 2.85 bits per heavy atom. The van der Waals surface area contributed by atoms with Crippen molar-refractivity contribution in [3.05, 3.63) is 83.9 Å². The topological polar surface area (TPSA) is 31.4 Å². The Balaban J connectivity index is 1.50. The summed E-state index contributed by atoms with van der Waals surface area (Å²) >= 11 is 0. The normalized spacial score (nSPS) is 19.5. The van der Waals surface area contributed by atoms with E-state index in [0.29, 0.717) is 18.4 Å². The molecule has 3 heteroatoms. The lowest BCUT2D eigenvalue weighted by molar-refractivity contribution is 0.208. The first-order chi connectivity index (χ1) is 12.8. The van der Waals surface area contributed by atoms with E-state index in [-0.39, 0.29) is 0 Å². The molecule has 26 heavy (non-hydrogen) atoms. The molecular formula is C23H27NO2. The van der Waals surface area contributed by atoms with Gasteiger partial charge in [-0.1, -0.05) is 43.3 Å². The van der Waals surface area contributed by atoms with Crippen LogP contribution < -0.4 is 4.74 Å². The highest BCUT2D eigenvalue weighted by Crippen LogP contribution is 2.48. The Morgan fingerprint density at radius 2 is 2.08 bits per heavy atom. The van der Waals surface area contributed by atoms with Gasteiger partial charge >= 0.3 is 0 Å². The maximum atomic E-state index is 5.93. The van der Waals surface area contributed by atoms with Crippen molar-refractivity contribution in [1.29, 1.82) is 0 Å². The van der Waals surface area contributed by atoms with E-state index in [0.717, 1.165) is 36.5 Å². The van der Waals surface area contributed by atoms with E-state index in [1.165, 1.54) is 5.56 Å². The molecule has 2 aromatic rings. The van der Waals surface area contributed by atoms with Gasteiger partial charge in [-0.3, -0.25) is 4.98 Å². The zero-order valence-electron chi connectivity index (χ0n) is 15.6. The summed E-state index contributed by atoms with van der Waals surface area (Å²) in [6, 6.07) is 12.3. The molecule has 1 heterocycles. The molecule has 1 aromatic heterocycles. The fraction of sp³-hybridized carbons (Fsp3) is 0.348. The number of ether oxygens (including phenoxy) is 2. The Labute approximate surface area is 156 Å². The smallest absolute Gasteiger partial charge is 0.138 e. The fourth-order valence-corrected chi connectivity index (χ4v) is 2.96. The molecule has 2 atom stereocenters. The first-order valence-electron chi connectivity index (χ1n) is 9.37. The van der Waals surface area contributed by atoms with Crippen LogP contribution in [-0.2, 0) is 11.3 Å². The number of aromatic nitrogens is 1. The van der Waals surface area contributed by atoms with Gasteiger partial charge in [0.05, 0.1) is 12.8 Å². The minimum absolute atomic E-state index is 0.524. The second-order valence-corrected chi connectivity index (χ2v) is 6.64. The van der Waals surface area contributed by atoms with Crippen LogP contribution in [0.4, 0.5) is 0 Å². The second kappa shape index (κ2) is 9.23. The summed E-state index contributed by atoms with van der Waals surface area (Å²) in [5, 5.41) is 0. The quantitative estimate of drug-likeness (QED) is 0.433. The first kappa shape index (κ1) is 18.2. The average molecular weight is 349 g/mol. The molecule has 3 rings (SSSR count). The van der Waals surface area contributed by atoms with Crippen LogP contribution in [0.3, 0.4) is 0 Å². The lowest BCUT2D eigenvalue weighted by Crippen LogP contribution is -1.99. The van der Waals surface area contributed by atoms with E-state index in [1.807, 2.05) is 37.4 Å². The molecule has 0 N–H and O–H groups in total. The maximum absolute atomic E-state index is 5.93. The van der Waals surface area contributed by atoms with Crippen LogP contribution in [0.2, 0.25) is 0 Å². The van der Waals surface area contributed by atoms with Gasteiger partial charge in [0.1, 0.15) is 18.1 Å². The second-order valence-electron chi connectivity index (χ2n) is 6.64. The molecule has 0 bridgehead atoms. The standard InChI is InChI=1S/C23H27NO2/c1-3-5-11-21(4-2)26-17-20-13-23(20)19-12-22(15-24-14-19)25-16-18-9-7-6-8-10-18/h4-12,14-15,20,23H,3,13,16-17H2,1-2H3. The molecule has 1 saturated carbocycles. The van der Waals surface area contributed by atoms with Crippen molar-refractivity contribution < 1.29 is 9.47 Å². The number of hydrogen-bond acceptors (Lipinski definition) is 3. The van der Waals surface area contributed by atoms with E-state index >= 15 is 0 Å². The molecule has 2 unspecified atom stereocenters. The zero-order valence-corrected chi connectivity index (χ0v) is 15.6. The third kappa shape index (κ3) is 5.22. The van der Waals surface area contributed by atoms with Crippen molar-refractivity contribution in [2.24, 2.45) is 5.92 Å². The van der Waals surface area contributed by atoms with Gasteiger partial charge in [-0.05, 0) is 55.0 Å². The third-order valence-electron chi connectivity index (χ3n) is 4.60. The summed E-state index contributed by atoms with van der Waals surface area (Å²) in [7, 11) is 0. The van der Waals surface area contributed by atoms with Crippen LogP contribution in [-0.4, -0.2) is 11.6 Å². The van der Waals surface area contributed by atoms with Crippen molar-refractivity contribution in [2.75, 3.05) is 6.61 Å². The maximum Gasteiger partial charge on any atom is 0.138 e. The predicted molar refractivity (Wildman–Crippen MR) is 105 cm³/mol. The van der Waals surface area contributed by atoms with Crippen molar-refractivity contribution in [3.63, 3.8) is 0 Å². The van der Waals surface area contributed by atoms with Gasteiger partial charge in [0, 0.05) is 12.1 Å². The predicted octanol–water partition coefficient (Wildman–Crippen LogP) is 5.65. The SMILES string of the molecule is CC=C(C=CCC)OCC1CC1c1cncc(OCc2ccccc2)c1. The summed E-state index contributed by atoms with van der Waals surface area (Å²) in [5.74, 6) is 2.87. The fourth-order valence-electron chi connectivity index (χ4n) is 2.96. The molecule has 0 spiro atoms. The van der Waals surface area contributed by atoms with Crippen LogP contribution in [0.15, 0.2) is 72.8 Å². The molecule has 1 aliphatic rings. The van der Waals surface area contributed by atoms with Crippen LogP contribution >= 0.6 is 0 Å². The van der Waals surface area contributed by atoms with Crippen LogP contribution in [0.5, 0.6) is 5.75 Å². The summed E-state index contributed by atoms with van der Waals surface area (Å²) < 4.78 is 11.8. The zero-order chi connectivity index (χ0) is 18.2. The van der Waals surface area contributed by atoms with E-state index in [2.05, 4.69) is 42.3 Å². The molecular weight excluding hydrogens is 322 g/mol. The van der Waals surface area contributed by atoms with E-state index in [9.17, 15) is 0 Å². The van der Waals surface area contributed by atoms with Crippen LogP contribution in [0.1, 0.15) is 43.7 Å². The highest BCUT2D eigenvalue weighted by Gasteiger charge is 2.39. The lowest BCUT2D eigenvalue weighted by atomic mass is 10.1. The highest BCUT2D eigenvalue weighted by atomic mass is 16.5. The molecule has 0 aliphatic heterocycles. The number of nitrogens with zero attached hydrogens (tertiary/aromatic N) is 1. The minimum atomic E-state index is 0.524. The van der Waals surface area contributed by atoms with Crippen molar-refractivity contribution in [1.82, 2.24) is 4.98 Å². The number of pyridine rings is 1. The Kier molecular flexibility index (Phi) is 6.48. The van der Waals surface area contributed by atoms with Gasteiger partial charge in [0.15, 0.2) is 0 Å². The van der Waals surface area contributed by atoms with Crippen LogP contribution in [0, 0.1) is 5.92 Å². The molecule has 3 nitrogen and oxygen atoms in total. The van der Waals surface area contributed by atoms with Crippen molar-refractivity contribution >= 4 is 0 Å². The highest BCUT2D eigenvalue weighted by molar-refractivity contribution is 5.30. The van der Waals surface area contributed by atoms with Crippen molar-refractivity contribution in [2.45, 2.75) is 39.2 Å².